The zero-order valence-corrected chi connectivity index (χ0v) is 16.8. The number of ether oxygens (including phenoxy) is 2. The third-order valence-electron chi connectivity index (χ3n) is 3.99. The van der Waals surface area contributed by atoms with Gasteiger partial charge in [-0.15, -0.1) is 0 Å². The monoisotopic (exact) mass is 444 g/mol. The summed E-state index contributed by atoms with van der Waals surface area (Å²) in [5.74, 6) is -0.215. The largest absolute Gasteiger partial charge is 0.496 e. The standard InChI is InChI=1S/C20H17BrN2O5/c1-3-28-14-7-5-13(6-8-14)23-19(25)15(18(24)22-20(23)26)10-12-4-9-17(27-2)16(21)11-12/h4-11H,3H2,1-2H3,(H,22,24,26)/b15-10-. The smallest absolute Gasteiger partial charge is 0.335 e. The second kappa shape index (κ2) is 8.26. The quantitative estimate of drug-likeness (QED) is 0.563. The van der Waals surface area contributed by atoms with Gasteiger partial charge >= 0.3 is 6.03 Å². The number of anilines is 1. The Hall–Kier alpha value is -3.13. The third kappa shape index (κ3) is 3.91. The van der Waals surface area contributed by atoms with Crippen molar-refractivity contribution in [2.75, 3.05) is 18.6 Å². The number of methoxy groups -OCH3 is 1. The van der Waals surface area contributed by atoms with E-state index in [0.717, 1.165) is 4.90 Å². The number of barbiturate groups is 1. The molecule has 0 aliphatic carbocycles. The molecule has 0 atom stereocenters. The molecule has 2 aromatic carbocycles. The number of urea groups is 1. The van der Waals surface area contributed by atoms with Crippen LogP contribution in [0.4, 0.5) is 10.5 Å². The van der Waals surface area contributed by atoms with Gasteiger partial charge in [-0.3, -0.25) is 14.9 Å². The Balaban J connectivity index is 1.94. The Morgan fingerprint density at radius 3 is 2.43 bits per heavy atom. The molecule has 0 saturated carbocycles. The van der Waals surface area contributed by atoms with Crippen molar-refractivity contribution in [2.45, 2.75) is 6.92 Å². The number of hydrogen-bond donors (Lipinski definition) is 1. The van der Waals surface area contributed by atoms with Crippen LogP contribution in [-0.2, 0) is 9.59 Å². The van der Waals surface area contributed by atoms with E-state index < -0.39 is 17.8 Å². The maximum Gasteiger partial charge on any atom is 0.335 e. The minimum absolute atomic E-state index is 0.148. The minimum atomic E-state index is -0.799. The van der Waals surface area contributed by atoms with Gasteiger partial charge in [0, 0.05) is 0 Å². The zero-order chi connectivity index (χ0) is 20.3. The number of imide groups is 2. The Bertz CT molecular complexity index is 969. The Kier molecular flexibility index (Phi) is 5.79. The van der Waals surface area contributed by atoms with Gasteiger partial charge in [-0.1, -0.05) is 6.07 Å². The fourth-order valence-corrected chi connectivity index (χ4v) is 3.25. The van der Waals surface area contributed by atoms with E-state index in [-0.39, 0.29) is 5.57 Å². The van der Waals surface area contributed by atoms with Gasteiger partial charge in [-0.25, -0.2) is 9.69 Å². The molecule has 28 heavy (non-hydrogen) atoms. The average molecular weight is 445 g/mol. The molecule has 8 heteroatoms. The Morgan fingerprint density at radius 1 is 1.11 bits per heavy atom. The number of carbonyl (C=O) groups is 3. The first kappa shape index (κ1) is 19.6. The van der Waals surface area contributed by atoms with Crippen LogP contribution in [0.15, 0.2) is 52.5 Å². The average Bonchev–Trinajstić information content (AvgIpc) is 2.67. The fourth-order valence-electron chi connectivity index (χ4n) is 2.69. The summed E-state index contributed by atoms with van der Waals surface area (Å²) in [4.78, 5) is 38.3. The highest BCUT2D eigenvalue weighted by Gasteiger charge is 2.36. The van der Waals surface area contributed by atoms with Gasteiger partial charge < -0.3 is 9.47 Å². The van der Waals surface area contributed by atoms with Gasteiger partial charge in [0.05, 0.1) is 23.9 Å². The summed E-state index contributed by atoms with van der Waals surface area (Å²) in [5, 5.41) is 2.20. The second-order valence-electron chi connectivity index (χ2n) is 5.78. The number of rotatable bonds is 5. The van der Waals surface area contributed by atoms with Crippen LogP contribution in [0.2, 0.25) is 0 Å². The first-order valence-corrected chi connectivity index (χ1v) is 9.21. The van der Waals surface area contributed by atoms with Gasteiger partial charge in [0.25, 0.3) is 11.8 Å². The van der Waals surface area contributed by atoms with Crippen LogP contribution in [0, 0.1) is 0 Å². The topological polar surface area (TPSA) is 84.9 Å². The number of nitrogens with zero attached hydrogens (tertiary/aromatic N) is 1. The molecule has 0 spiro atoms. The lowest BCUT2D eigenvalue weighted by Gasteiger charge is -2.26. The Morgan fingerprint density at radius 2 is 1.82 bits per heavy atom. The van der Waals surface area contributed by atoms with Crippen molar-refractivity contribution >= 4 is 45.5 Å². The van der Waals surface area contributed by atoms with Crippen LogP contribution in [0.3, 0.4) is 0 Å². The molecule has 7 nitrogen and oxygen atoms in total. The maximum absolute atomic E-state index is 12.9. The van der Waals surface area contributed by atoms with Crippen molar-refractivity contribution in [3.8, 4) is 11.5 Å². The zero-order valence-electron chi connectivity index (χ0n) is 15.2. The highest BCUT2D eigenvalue weighted by molar-refractivity contribution is 9.10. The lowest BCUT2D eigenvalue weighted by atomic mass is 10.1. The SMILES string of the molecule is CCOc1ccc(N2C(=O)NC(=O)/C(=C/c3ccc(OC)c(Br)c3)C2=O)cc1. The van der Waals surface area contributed by atoms with E-state index in [4.69, 9.17) is 9.47 Å². The molecule has 0 bridgehead atoms. The van der Waals surface area contributed by atoms with E-state index in [1.54, 1.807) is 42.5 Å². The second-order valence-corrected chi connectivity index (χ2v) is 6.63. The molecule has 0 aromatic heterocycles. The molecule has 0 radical (unpaired) electrons. The molecule has 1 aliphatic rings. The maximum atomic E-state index is 12.9. The van der Waals surface area contributed by atoms with Crippen molar-refractivity contribution in [3.63, 3.8) is 0 Å². The number of halogens is 1. The first-order chi connectivity index (χ1) is 13.4. The van der Waals surface area contributed by atoms with E-state index in [0.29, 0.717) is 33.8 Å². The predicted octanol–water partition coefficient (Wildman–Crippen LogP) is 3.52. The summed E-state index contributed by atoms with van der Waals surface area (Å²) in [7, 11) is 1.54. The molecule has 1 heterocycles. The molecule has 1 N–H and O–H groups in total. The molecule has 3 rings (SSSR count). The summed E-state index contributed by atoms with van der Waals surface area (Å²) in [5.41, 5.74) is 0.790. The number of benzene rings is 2. The van der Waals surface area contributed by atoms with Crippen LogP contribution in [0.5, 0.6) is 11.5 Å². The van der Waals surface area contributed by atoms with Crippen LogP contribution >= 0.6 is 15.9 Å². The van der Waals surface area contributed by atoms with Crippen LogP contribution in [-0.4, -0.2) is 31.6 Å². The summed E-state index contributed by atoms with van der Waals surface area (Å²) in [6.45, 7) is 2.36. The van der Waals surface area contributed by atoms with E-state index >= 15 is 0 Å². The molecule has 144 valence electrons. The molecule has 4 amide bonds. The number of amides is 4. The summed E-state index contributed by atoms with van der Waals surface area (Å²) < 4.78 is 11.2. The van der Waals surface area contributed by atoms with Crippen LogP contribution < -0.4 is 19.7 Å². The van der Waals surface area contributed by atoms with E-state index in [9.17, 15) is 14.4 Å². The molecular weight excluding hydrogens is 428 g/mol. The molecule has 1 saturated heterocycles. The highest BCUT2D eigenvalue weighted by atomic mass is 79.9. The number of carbonyl (C=O) groups excluding carboxylic acids is 3. The van der Waals surface area contributed by atoms with Crippen molar-refractivity contribution in [1.29, 1.82) is 0 Å². The van der Waals surface area contributed by atoms with Gasteiger partial charge in [0.15, 0.2) is 0 Å². The Labute approximate surface area is 170 Å². The van der Waals surface area contributed by atoms with Gasteiger partial charge in [0.1, 0.15) is 17.1 Å². The molecule has 0 unspecified atom stereocenters. The summed E-state index contributed by atoms with van der Waals surface area (Å²) in [6.07, 6.45) is 1.43. The predicted molar refractivity (Wildman–Crippen MR) is 107 cm³/mol. The lowest BCUT2D eigenvalue weighted by molar-refractivity contribution is -0.122. The van der Waals surface area contributed by atoms with Crippen molar-refractivity contribution in [2.24, 2.45) is 0 Å². The fraction of sp³-hybridized carbons (Fsp3) is 0.150. The van der Waals surface area contributed by atoms with Gasteiger partial charge in [-0.2, -0.15) is 0 Å². The van der Waals surface area contributed by atoms with Crippen LogP contribution in [0.1, 0.15) is 12.5 Å². The summed E-state index contributed by atoms with van der Waals surface area (Å²) in [6, 6.07) is 10.8. The lowest BCUT2D eigenvalue weighted by Crippen LogP contribution is -2.54. The van der Waals surface area contributed by atoms with Crippen molar-refractivity contribution in [1.82, 2.24) is 5.32 Å². The number of nitrogens with one attached hydrogen (secondary N) is 1. The molecule has 2 aromatic rings. The summed E-state index contributed by atoms with van der Waals surface area (Å²) >= 11 is 3.36. The van der Waals surface area contributed by atoms with Crippen LogP contribution in [0.25, 0.3) is 6.08 Å². The van der Waals surface area contributed by atoms with Gasteiger partial charge in [-0.05, 0) is 70.9 Å². The van der Waals surface area contributed by atoms with Crippen molar-refractivity contribution < 1.29 is 23.9 Å². The normalized spacial score (nSPS) is 15.6. The molecule has 1 aliphatic heterocycles. The molecule has 1 fully saturated rings. The number of hydrogen-bond acceptors (Lipinski definition) is 5. The van der Waals surface area contributed by atoms with E-state index in [1.807, 2.05) is 6.92 Å². The van der Waals surface area contributed by atoms with E-state index in [2.05, 4.69) is 21.2 Å². The minimum Gasteiger partial charge on any atom is -0.496 e. The van der Waals surface area contributed by atoms with Gasteiger partial charge in [0.2, 0.25) is 0 Å². The highest BCUT2D eigenvalue weighted by Crippen LogP contribution is 2.28. The first-order valence-electron chi connectivity index (χ1n) is 8.42. The molecular formula is C20H17BrN2O5. The third-order valence-corrected chi connectivity index (χ3v) is 4.61. The van der Waals surface area contributed by atoms with E-state index in [1.165, 1.54) is 13.2 Å². The van der Waals surface area contributed by atoms with Crippen molar-refractivity contribution in [3.05, 3.63) is 58.1 Å².